The average Bonchev–Trinajstić information content (AvgIpc) is 2.37. The van der Waals surface area contributed by atoms with E-state index in [1.54, 1.807) is 14.0 Å². The fourth-order valence-electron chi connectivity index (χ4n) is 2.86. The van der Waals surface area contributed by atoms with Gasteiger partial charge in [0.1, 0.15) is 5.54 Å². The molecule has 0 radical (unpaired) electrons. The van der Waals surface area contributed by atoms with Crippen LogP contribution >= 0.6 is 0 Å². The van der Waals surface area contributed by atoms with Gasteiger partial charge in [-0.1, -0.05) is 0 Å². The van der Waals surface area contributed by atoms with Gasteiger partial charge in [-0.15, -0.1) is 0 Å². The van der Waals surface area contributed by atoms with Gasteiger partial charge >= 0.3 is 5.97 Å². The van der Waals surface area contributed by atoms with Gasteiger partial charge in [0.2, 0.25) is 0 Å². The molecule has 19 heavy (non-hydrogen) atoms. The zero-order valence-electron chi connectivity index (χ0n) is 12.9. The first-order valence-corrected chi connectivity index (χ1v) is 7.13. The number of nitrogens with zero attached hydrogens (tertiary/aromatic N) is 2. The molecule has 1 rings (SSSR count). The molecule has 112 valence electrons. The van der Waals surface area contributed by atoms with Crippen LogP contribution in [0.4, 0.5) is 0 Å². The van der Waals surface area contributed by atoms with Gasteiger partial charge in [-0.2, -0.15) is 0 Å². The highest BCUT2D eigenvalue weighted by Gasteiger charge is 2.35. The molecule has 1 aliphatic heterocycles. The van der Waals surface area contributed by atoms with E-state index in [0.29, 0.717) is 12.5 Å². The predicted octanol–water partition coefficient (Wildman–Crippen LogP) is 0.854. The van der Waals surface area contributed by atoms with Gasteiger partial charge < -0.3 is 15.3 Å². The minimum atomic E-state index is -0.853. The lowest BCUT2D eigenvalue weighted by atomic mass is 9.92. The third-order valence-electron chi connectivity index (χ3n) is 4.60. The normalized spacial score (nSPS) is 26.1. The average molecular weight is 271 g/mol. The summed E-state index contributed by atoms with van der Waals surface area (Å²) in [6, 6.07) is 0.772. The maximum atomic E-state index is 11.3. The lowest BCUT2D eigenvalue weighted by Crippen LogP contribution is -2.54. The zero-order valence-corrected chi connectivity index (χ0v) is 12.9. The number of rotatable bonds is 6. The van der Waals surface area contributed by atoms with Crippen molar-refractivity contribution in [2.75, 3.05) is 34.2 Å². The third kappa shape index (κ3) is 4.16. The highest BCUT2D eigenvalue weighted by atomic mass is 16.4. The van der Waals surface area contributed by atoms with E-state index in [-0.39, 0.29) is 6.04 Å². The van der Waals surface area contributed by atoms with E-state index in [9.17, 15) is 9.90 Å². The summed E-state index contributed by atoms with van der Waals surface area (Å²) in [5.74, 6) is -0.781. The first-order valence-electron chi connectivity index (χ1n) is 7.13. The van der Waals surface area contributed by atoms with Crippen LogP contribution in [0.25, 0.3) is 0 Å². The van der Waals surface area contributed by atoms with Crippen LogP contribution in [-0.4, -0.2) is 72.7 Å². The van der Waals surface area contributed by atoms with Gasteiger partial charge in [-0.25, -0.2) is 0 Å². The Morgan fingerprint density at radius 1 is 1.63 bits per heavy atom. The lowest BCUT2D eigenvalue weighted by Gasteiger charge is -2.41. The maximum absolute atomic E-state index is 11.3. The van der Waals surface area contributed by atoms with Crippen molar-refractivity contribution >= 4 is 5.97 Å². The molecule has 0 aliphatic carbocycles. The van der Waals surface area contributed by atoms with E-state index in [1.807, 2.05) is 0 Å². The van der Waals surface area contributed by atoms with Crippen LogP contribution in [0.15, 0.2) is 0 Å². The van der Waals surface area contributed by atoms with Gasteiger partial charge in [0, 0.05) is 18.6 Å². The number of carbonyl (C=O) groups is 1. The number of carboxylic acid groups (broad SMARTS) is 1. The molecule has 1 fully saturated rings. The molecule has 3 unspecified atom stereocenters. The quantitative estimate of drug-likeness (QED) is 0.750. The second kappa shape index (κ2) is 6.68. The molecule has 0 aromatic heterocycles. The fraction of sp³-hybridized carbons (Fsp3) is 0.929. The molecular formula is C14H29N3O2. The van der Waals surface area contributed by atoms with Crippen molar-refractivity contribution in [3.8, 4) is 0 Å². The second-order valence-corrected chi connectivity index (χ2v) is 6.16. The smallest absolute Gasteiger partial charge is 0.323 e. The Morgan fingerprint density at radius 2 is 2.26 bits per heavy atom. The van der Waals surface area contributed by atoms with E-state index < -0.39 is 11.5 Å². The molecule has 0 aromatic carbocycles. The SMILES string of the molecule is CNC(C)(CC(C)N(C)C1CCCN(C)C1)C(=O)O. The number of hydrogen-bond acceptors (Lipinski definition) is 4. The first kappa shape index (κ1) is 16.4. The number of hydrogen-bond donors (Lipinski definition) is 2. The summed E-state index contributed by atoms with van der Waals surface area (Å²) >= 11 is 0. The van der Waals surface area contributed by atoms with Crippen molar-refractivity contribution in [3.63, 3.8) is 0 Å². The Balaban J connectivity index is 2.61. The fourth-order valence-corrected chi connectivity index (χ4v) is 2.86. The van der Waals surface area contributed by atoms with Gasteiger partial charge in [-0.05, 0) is 60.8 Å². The summed E-state index contributed by atoms with van der Waals surface area (Å²) in [4.78, 5) is 16.0. The van der Waals surface area contributed by atoms with E-state index >= 15 is 0 Å². The van der Waals surface area contributed by atoms with Crippen LogP contribution in [0.5, 0.6) is 0 Å². The van der Waals surface area contributed by atoms with Crippen molar-refractivity contribution in [1.29, 1.82) is 0 Å². The van der Waals surface area contributed by atoms with Crippen LogP contribution in [0.2, 0.25) is 0 Å². The second-order valence-electron chi connectivity index (χ2n) is 6.16. The molecule has 1 saturated heterocycles. The molecular weight excluding hydrogens is 242 g/mol. The lowest BCUT2D eigenvalue weighted by molar-refractivity contribution is -0.144. The van der Waals surface area contributed by atoms with E-state index in [1.165, 1.54) is 19.4 Å². The van der Waals surface area contributed by atoms with Gasteiger partial charge in [0.15, 0.2) is 0 Å². The number of likely N-dealkylation sites (N-methyl/N-ethyl adjacent to an activating group) is 3. The summed E-state index contributed by atoms with van der Waals surface area (Å²) in [6.45, 7) is 6.12. The molecule has 5 heteroatoms. The van der Waals surface area contributed by atoms with Crippen molar-refractivity contribution in [1.82, 2.24) is 15.1 Å². The molecule has 3 atom stereocenters. The van der Waals surface area contributed by atoms with Gasteiger partial charge in [0.25, 0.3) is 0 Å². The Morgan fingerprint density at radius 3 is 2.74 bits per heavy atom. The molecule has 1 aliphatic rings. The molecule has 2 N–H and O–H groups in total. The Bertz CT molecular complexity index is 311. The minimum Gasteiger partial charge on any atom is -0.480 e. The van der Waals surface area contributed by atoms with Crippen LogP contribution in [0.3, 0.4) is 0 Å². The molecule has 5 nitrogen and oxygen atoms in total. The first-order chi connectivity index (χ1) is 8.80. The monoisotopic (exact) mass is 271 g/mol. The summed E-state index contributed by atoms with van der Waals surface area (Å²) in [7, 11) is 5.99. The van der Waals surface area contributed by atoms with Gasteiger partial charge in [-0.3, -0.25) is 9.69 Å². The Kier molecular flexibility index (Phi) is 5.77. The number of nitrogens with one attached hydrogen (secondary N) is 1. The summed E-state index contributed by atoms with van der Waals surface area (Å²) in [5, 5.41) is 12.3. The van der Waals surface area contributed by atoms with Crippen LogP contribution < -0.4 is 5.32 Å². The molecule has 0 amide bonds. The van der Waals surface area contributed by atoms with Crippen LogP contribution in [-0.2, 0) is 4.79 Å². The van der Waals surface area contributed by atoms with E-state index in [0.717, 1.165) is 6.54 Å². The number of aliphatic carboxylic acids is 1. The van der Waals surface area contributed by atoms with E-state index in [2.05, 4.69) is 36.1 Å². The molecule has 0 bridgehead atoms. The summed E-state index contributed by atoms with van der Waals surface area (Å²) in [6.07, 6.45) is 3.03. The highest BCUT2D eigenvalue weighted by Crippen LogP contribution is 2.21. The molecule has 0 aromatic rings. The third-order valence-corrected chi connectivity index (χ3v) is 4.60. The van der Waals surface area contributed by atoms with Crippen LogP contribution in [0, 0.1) is 0 Å². The van der Waals surface area contributed by atoms with Gasteiger partial charge in [0.05, 0.1) is 0 Å². The minimum absolute atomic E-state index is 0.241. The number of carboxylic acids is 1. The Hall–Kier alpha value is -0.650. The molecule has 1 heterocycles. The van der Waals surface area contributed by atoms with E-state index in [4.69, 9.17) is 0 Å². The highest BCUT2D eigenvalue weighted by molar-refractivity contribution is 5.78. The zero-order chi connectivity index (χ0) is 14.6. The number of piperidine rings is 1. The summed E-state index contributed by atoms with van der Waals surface area (Å²) in [5.41, 5.74) is -0.853. The van der Waals surface area contributed by atoms with Crippen molar-refractivity contribution in [2.45, 2.75) is 50.7 Å². The van der Waals surface area contributed by atoms with Crippen molar-refractivity contribution < 1.29 is 9.90 Å². The maximum Gasteiger partial charge on any atom is 0.323 e. The van der Waals surface area contributed by atoms with Crippen LogP contribution in [0.1, 0.15) is 33.1 Å². The number of likely N-dealkylation sites (tertiary alicyclic amines) is 1. The standard InChI is InChI=1S/C14H29N3O2/c1-11(9-14(2,15-3)13(18)19)17(5)12-7-6-8-16(4)10-12/h11-12,15H,6-10H2,1-5H3,(H,18,19). The van der Waals surface area contributed by atoms with Crippen molar-refractivity contribution in [3.05, 3.63) is 0 Å². The summed E-state index contributed by atoms with van der Waals surface area (Å²) < 4.78 is 0. The Labute approximate surface area is 117 Å². The molecule has 0 saturated carbocycles. The van der Waals surface area contributed by atoms with Crippen molar-refractivity contribution in [2.24, 2.45) is 0 Å². The molecule has 0 spiro atoms. The topological polar surface area (TPSA) is 55.8 Å². The largest absolute Gasteiger partial charge is 0.480 e. The predicted molar refractivity (Wildman–Crippen MR) is 77.5 cm³/mol.